The van der Waals surface area contributed by atoms with Gasteiger partial charge in [0.05, 0.1) is 33.8 Å². The van der Waals surface area contributed by atoms with Gasteiger partial charge in [-0.3, -0.25) is 18.6 Å². The van der Waals surface area contributed by atoms with E-state index in [0.717, 1.165) is 103 Å². The van der Waals surface area contributed by atoms with E-state index < -0.39 is 20.0 Å². The van der Waals surface area contributed by atoms with E-state index in [1.165, 1.54) is 186 Å². The van der Waals surface area contributed by atoms with Crippen LogP contribution in [0.15, 0.2) is 85.1 Å². The molecule has 0 spiro atoms. The van der Waals surface area contributed by atoms with Crippen molar-refractivity contribution in [3.05, 3.63) is 85.1 Å². The van der Waals surface area contributed by atoms with Gasteiger partial charge in [0.25, 0.3) is 0 Å². The highest BCUT2D eigenvalue weighted by Gasteiger charge is 2.30. The monoisotopic (exact) mass is 1200 g/mol. The van der Waals surface area contributed by atoms with Gasteiger partial charge in [-0.25, -0.2) is 4.57 Å². The molecule has 0 radical (unpaired) electrons. The normalized spacial score (nSPS) is 14.0. The molecule has 0 aromatic heterocycles. The van der Waals surface area contributed by atoms with E-state index in [9.17, 15) is 19.0 Å². The fourth-order valence-electron chi connectivity index (χ4n) is 10.1. The summed E-state index contributed by atoms with van der Waals surface area (Å²) < 4.78 is 30.8. The zero-order valence-electron chi connectivity index (χ0n) is 55.9. The summed E-state index contributed by atoms with van der Waals surface area (Å²) in [6, 6.07) is -0.856. The predicted molar refractivity (Wildman–Crippen MR) is 364 cm³/mol. The second-order valence-corrected chi connectivity index (χ2v) is 26.5. The summed E-state index contributed by atoms with van der Waals surface area (Å²) in [5, 5.41) is 3.07. The van der Waals surface area contributed by atoms with Crippen LogP contribution in [0.3, 0.4) is 0 Å². The van der Waals surface area contributed by atoms with Gasteiger partial charge in [-0.1, -0.05) is 292 Å². The number of carbonyl (C=O) groups excluding carboxylic acids is 2. The van der Waals surface area contributed by atoms with Crippen molar-refractivity contribution in [2.45, 2.75) is 335 Å². The number of quaternary nitrogens is 1. The summed E-state index contributed by atoms with van der Waals surface area (Å²) in [5.41, 5.74) is 0. The van der Waals surface area contributed by atoms with E-state index in [0.29, 0.717) is 17.4 Å². The van der Waals surface area contributed by atoms with Crippen LogP contribution >= 0.6 is 7.82 Å². The maximum absolute atomic E-state index is 13.6. The Morgan fingerprint density at radius 3 is 1.15 bits per heavy atom. The van der Waals surface area contributed by atoms with Gasteiger partial charge in [-0.05, 0) is 102 Å². The standard InChI is InChI=1S/C74H135N2O7P/c1-7-10-13-16-19-22-25-28-30-32-34-36-37-38-39-41-42-44-46-48-51-54-57-60-63-66-73(77)75-71(70-82-84(79,80)81-69-68-76(4,5)6)72(65-62-59-56-53-50-27-24-21-18-15-12-9-3)83-74(78)67-64-61-58-55-52-49-47-45-43-40-35-33-31-29-26-23-20-17-14-11-8-2/h10,13,19,22,28-31,34,36,38-39,62,65,71-72H,7-9,11-12,14-18,20-21,23-27,32-33,35,37,40-61,63-64,66-70H2,1-6H3,(H-,75,77,79,80)/p+1/b13-10-,22-19-,30-28-,31-29+,36-34-,39-38-,65-62-. The number of carbonyl (C=O) groups is 2. The molecule has 488 valence electrons. The van der Waals surface area contributed by atoms with Crippen LogP contribution in [0.4, 0.5) is 0 Å². The van der Waals surface area contributed by atoms with Crippen molar-refractivity contribution in [3.8, 4) is 0 Å². The molecule has 0 saturated carbocycles. The second kappa shape index (κ2) is 63.2. The number of hydrogen-bond acceptors (Lipinski definition) is 6. The van der Waals surface area contributed by atoms with E-state index in [1.54, 1.807) is 0 Å². The minimum Gasteiger partial charge on any atom is -0.456 e. The van der Waals surface area contributed by atoms with E-state index in [1.807, 2.05) is 33.3 Å². The van der Waals surface area contributed by atoms with E-state index in [2.05, 4.69) is 99.0 Å². The van der Waals surface area contributed by atoms with Crippen LogP contribution in [-0.2, 0) is 27.9 Å². The highest BCUT2D eigenvalue weighted by Crippen LogP contribution is 2.43. The number of nitrogens with one attached hydrogen (secondary N) is 1. The van der Waals surface area contributed by atoms with Gasteiger partial charge in [-0.2, -0.15) is 0 Å². The molecule has 0 saturated heterocycles. The Morgan fingerprint density at radius 1 is 0.429 bits per heavy atom. The number of allylic oxidation sites excluding steroid dienone is 13. The number of ether oxygens (including phenoxy) is 1. The third-order valence-electron chi connectivity index (χ3n) is 15.6. The molecule has 1 amide bonds. The molecular formula is C74H136N2O7P+. The number of phosphoric acid groups is 1. The Morgan fingerprint density at radius 2 is 0.762 bits per heavy atom. The van der Waals surface area contributed by atoms with Gasteiger partial charge in [-0.15, -0.1) is 0 Å². The van der Waals surface area contributed by atoms with E-state index in [4.69, 9.17) is 13.8 Å². The summed E-state index contributed by atoms with van der Waals surface area (Å²) in [6.07, 6.45) is 84.5. The molecule has 9 nitrogen and oxygen atoms in total. The fourth-order valence-corrected chi connectivity index (χ4v) is 10.9. The molecular weight excluding hydrogens is 1060 g/mol. The maximum Gasteiger partial charge on any atom is 0.472 e. The van der Waals surface area contributed by atoms with Crippen LogP contribution in [0, 0.1) is 0 Å². The van der Waals surface area contributed by atoms with Crippen LogP contribution < -0.4 is 5.32 Å². The molecule has 0 heterocycles. The first-order valence-corrected chi connectivity index (χ1v) is 36.9. The summed E-state index contributed by atoms with van der Waals surface area (Å²) >= 11 is 0. The van der Waals surface area contributed by atoms with Crippen molar-refractivity contribution < 1.29 is 37.3 Å². The third-order valence-corrected chi connectivity index (χ3v) is 16.6. The first kappa shape index (κ1) is 81.2. The summed E-state index contributed by atoms with van der Waals surface area (Å²) in [4.78, 5) is 37.9. The quantitative estimate of drug-likeness (QED) is 0.0205. The number of amides is 1. The van der Waals surface area contributed by atoms with E-state index >= 15 is 0 Å². The Balaban J connectivity index is 5.09. The lowest BCUT2D eigenvalue weighted by Gasteiger charge is -2.27. The molecule has 10 heteroatoms. The van der Waals surface area contributed by atoms with Gasteiger partial charge >= 0.3 is 13.8 Å². The lowest BCUT2D eigenvalue weighted by atomic mass is 10.0. The maximum atomic E-state index is 13.6. The molecule has 3 unspecified atom stereocenters. The average Bonchev–Trinajstić information content (AvgIpc) is 3.64. The summed E-state index contributed by atoms with van der Waals surface area (Å²) in [5.74, 6) is -0.506. The molecule has 2 N–H and O–H groups in total. The first-order valence-electron chi connectivity index (χ1n) is 35.4. The Hall–Kier alpha value is -2.81. The number of nitrogens with zero attached hydrogens (tertiary/aromatic N) is 1. The van der Waals surface area contributed by atoms with Crippen LogP contribution in [0.5, 0.6) is 0 Å². The van der Waals surface area contributed by atoms with Gasteiger partial charge in [0.15, 0.2) is 0 Å². The molecule has 0 aromatic carbocycles. The number of rotatable bonds is 64. The van der Waals surface area contributed by atoms with Crippen LogP contribution in [0.25, 0.3) is 0 Å². The van der Waals surface area contributed by atoms with Gasteiger partial charge < -0.3 is 19.4 Å². The van der Waals surface area contributed by atoms with Gasteiger partial charge in [0.2, 0.25) is 5.91 Å². The second-order valence-electron chi connectivity index (χ2n) is 25.0. The Bertz CT molecular complexity index is 1710. The van der Waals surface area contributed by atoms with Crippen molar-refractivity contribution in [2.75, 3.05) is 40.9 Å². The van der Waals surface area contributed by atoms with Crippen molar-refractivity contribution in [3.63, 3.8) is 0 Å². The van der Waals surface area contributed by atoms with Crippen molar-refractivity contribution in [1.82, 2.24) is 5.32 Å². The largest absolute Gasteiger partial charge is 0.472 e. The minimum atomic E-state index is -4.46. The molecule has 0 aliphatic heterocycles. The van der Waals surface area contributed by atoms with Crippen LogP contribution in [-0.4, -0.2) is 74.3 Å². The Labute approximate surface area is 520 Å². The summed E-state index contributed by atoms with van der Waals surface area (Å²) in [6.45, 7) is 6.92. The minimum absolute atomic E-state index is 0.0367. The van der Waals surface area contributed by atoms with Crippen LogP contribution in [0.2, 0.25) is 0 Å². The molecule has 3 atom stereocenters. The predicted octanol–water partition coefficient (Wildman–Crippen LogP) is 22.5. The molecule has 0 aliphatic carbocycles. The molecule has 84 heavy (non-hydrogen) atoms. The van der Waals surface area contributed by atoms with Gasteiger partial charge in [0.1, 0.15) is 19.3 Å². The Kier molecular flexibility index (Phi) is 61.1. The third kappa shape index (κ3) is 63.7. The number of unbranched alkanes of at least 4 members (excludes halogenated alkanes) is 36. The van der Waals surface area contributed by atoms with Crippen LogP contribution in [0.1, 0.15) is 323 Å². The molecule has 0 fully saturated rings. The average molecular weight is 1200 g/mol. The molecule has 0 aliphatic rings. The molecule has 0 rings (SSSR count). The zero-order valence-corrected chi connectivity index (χ0v) is 56.8. The molecule has 0 aromatic rings. The number of likely N-dealkylation sites (N-methyl/N-ethyl adjacent to an activating group) is 1. The van der Waals surface area contributed by atoms with Gasteiger partial charge in [0, 0.05) is 12.8 Å². The summed E-state index contributed by atoms with van der Waals surface area (Å²) in [7, 11) is 1.49. The number of phosphoric ester groups is 1. The highest BCUT2D eigenvalue weighted by molar-refractivity contribution is 7.47. The lowest BCUT2D eigenvalue weighted by molar-refractivity contribution is -0.870. The van der Waals surface area contributed by atoms with Crippen molar-refractivity contribution in [1.29, 1.82) is 0 Å². The highest BCUT2D eigenvalue weighted by atomic mass is 31.2. The van der Waals surface area contributed by atoms with E-state index in [-0.39, 0.29) is 31.5 Å². The fraction of sp³-hybridized carbons (Fsp3) is 0.784. The zero-order chi connectivity index (χ0) is 61.4. The topological polar surface area (TPSA) is 111 Å². The van der Waals surface area contributed by atoms with Crippen molar-refractivity contribution >= 4 is 19.7 Å². The number of esters is 1. The number of hydrogen-bond donors (Lipinski definition) is 2. The lowest BCUT2D eigenvalue weighted by Crippen LogP contribution is -2.47. The van der Waals surface area contributed by atoms with Crippen molar-refractivity contribution in [2.24, 2.45) is 0 Å². The first-order chi connectivity index (χ1) is 40.9. The smallest absolute Gasteiger partial charge is 0.456 e. The molecule has 0 bridgehead atoms. The SMILES string of the molecule is CC/C=C\C/C=C\C/C=C\C/C=C\C/C=C\CCCCCCCCCCCC(=O)NC(COP(=O)(O)OCC[N+](C)(C)C)C(/C=C\CCCCCCCCCCCC)OC(=O)CCCCCCCCCCCCC/C=C/CCCCCCCC.